The van der Waals surface area contributed by atoms with E-state index in [0.29, 0.717) is 24.4 Å². The number of benzene rings is 1. The summed E-state index contributed by atoms with van der Waals surface area (Å²) in [4.78, 5) is 14.1. The Labute approximate surface area is 129 Å². The highest BCUT2D eigenvalue weighted by atomic mass is 32.2. The Balaban J connectivity index is 1.94. The number of carbonyl (C=O) groups excluding carboxylic acids is 1. The highest BCUT2D eigenvalue weighted by molar-refractivity contribution is 7.90. The van der Waals surface area contributed by atoms with Crippen LogP contribution in [0.15, 0.2) is 33.6 Å². The third-order valence-corrected chi connectivity index (χ3v) is 5.13. The number of likely N-dealkylation sites (tertiary alicyclic amines) is 1. The molecular formula is C15H15N3O3S. The topological polar surface area (TPSA) is 78.8 Å². The van der Waals surface area contributed by atoms with Crippen molar-refractivity contribution >= 4 is 21.8 Å². The zero-order chi connectivity index (χ0) is 15.7. The van der Waals surface area contributed by atoms with Gasteiger partial charge in [0.05, 0.1) is 6.54 Å². The molecule has 7 heteroatoms. The van der Waals surface area contributed by atoms with Crippen LogP contribution in [0.5, 0.6) is 0 Å². The van der Waals surface area contributed by atoms with E-state index in [2.05, 4.69) is 15.6 Å². The van der Waals surface area contributed by atoms with Crippen molar-refractivity contribution in [3.63, 3.8) is 0 Å². The van der Waals surface area contributed by atoms with Crippen LogP contribution >= 0.6 is 0 Å². The monoisotopic (exact) mass is 317 g/mol. The summed E-state index contributed by atoms with van der Waals surface area (Å²) in [5, 5.41) is 2.65. The Kier molecular flexibility index (Phi) is 3.62. The SMILES string of the molecule is C#CCNC(=O)[C@@H]1CCCN1C1=NS(=O)(=O)c2ccccc21. The first-order valence-electron chi connectivity index (χ1n) is 6.97. The Hall–Kier alpha value is -2.33. The molecule has 2 aliphatic rings. The lowest BCUT2D eigenvalue weighted by atomic mass is 10.1. The standard InChI is InChI=1S/C15H15N3O3S/c1-2-9-16-15(19)12-7-5-10-18(12)14-11-6-3-4-8-13(11)22(20,21)17-14/h1,3-4,6,8,12H,5,7,9-10H2,(H,16,19)/t12-/m0/s1. The Bertz CT molecular complexity index is 792. The van der Waals surface area contributed by atoms with E-state index in [1.54, 1.807) is 23.1 Å². The number of rotatable bonds is 2. The van der Waals surface area contributed by atoms with E-state index in [-0.39, 0.29) is 17.3 Å². The third-order valence-electron chi connectivity index (χ3n) is 3.80. The molecule has 2 heterocycles. The van der Waals surface area contributed by atoms with Gasteiger partial charge in [-0.2, -0.15) is 8.42 Å². The van der Waals surface area contributed by atoms with Crippen molar-refractivity contribution in [3.05, 3.63) is 29.8 Å². The molecule has 0 aliphatic carbocycles. The van der Waals surface area contributed by atoms with Gasteiger partial charge in [0.25, 0.3) is 10.0 Å². The van der Waals surface area contributed by atoms with Crippen LogP contribution in [-0.4, -0.2) is 44.2 Å². The lowest BCUT2D eigenvalue weighted by Gasteiger charge is -2.25. The number of carbonyl (C=O) groups is 1. The molecule has 1 amide bonds. The Morgan fingerprint density at radius 3 is 3.00 bits per heavy atom. The van der Waals surface area contributed by atoms with Crippen molar-refractivity contribution in [2.45, 2.75) is 23.8 Å². The van der Waals surface area contributed by atoms with Gasteiger partial charge in [0, 0.05) is 12.1 Å². The second kappa shape index (κ2) is 5.46. The molecule has 3 rings (SSSR count). The minimum absolute atomic E-state index is 0.157. The summed E-state index contributed by atoms with van der Waals surface area (Å²) in [6.45, 7) is 0.751. The number of fused-ring (bicyclic) bond motifs is 1. The quantitative estimate of drug-likeness (QED) is 0.798. The molecule has 1 atom stereocenters. The van der Waals surface area contributed by atoms with E-state index in [1.807, 2.05) is 0 Å². The molecule has 22 heavy (non-hydrogen) atoms. The zero-order valence-electron chi connectivity index (χ0n) is 11.8. The molecule has 0 aromatic heterocycles. The molecule has 1 N–H and O–H groups in total. The lowest BCUT2D eigenvalue weighted by molar-refractivity contribution is -0.124. The van der Waals surface area contributed by atoms with E-state index >= 15 is 0 Å². The fourth-order valence-electron chi connectivity index (χ4n) is 2.84. The van der Waals surface area contributed by atoms with E-state index < -0.39 is 16.1 Å². The van der Waals surface area contributed by atoms with Crippen molar-refractivity contribution in [2.75, 3.05) is 13.1 Å². The predicted octanol–water partition coefficient (Wildman–Crippen LogP) is 0.349. The van der Waals surface area contributed by atoms with Gasteiger partial charge in [-0.15, -0.1) is 10.8 Å². The van der Waals surface area contributed by atoms with E-state index in [1.165, 1.54) is 6.07 Å². The molecule has 0 saturated carbocycles. The molecule has 0 spiro atoms. The summed E-state index contributed by atoms with van der Waals surface area (Å²) in [5.74, 6) is 2.52. The number of nitrogens with zero attached hydrogens (tertiary/aromatic N) is 2. The number of amides is 1. The van der Waals surface area contributed by atoms with Crippen molar-refractivity contribution in [1.82, 2.24) is 10.2 Å². The van der Waals surface area contributed by atoms with Crippen LogP contribution in [0.2, 0.25) is 0 Å². The minimum Gasteiger partial charge on any atom is -0.343 e. The molecule has 1 aromatic carbocycles. The summed E-state index contributed by atoms with van der Waals surface area (Å²) in [7, 11) is -3.68. The molecule has 0 radical (unpaired) electrons. The number of nitrogens with one attached hydrogen (secondary N) is 1. The summed E-state index contributed by atoms with van der Waals surface area (Å²) in [6, 6.07) is 6.24. The Morgan fingerprint density at radius 1 is 1.45 bits per heavy atom. The first-order chi connectivity index (χ1) is 10.5. The van der Waals surface area contributed by atoms with Crippen LogP contribution in [0, 0.1) is 12.3 Å². The maximum Gasteiger partial charge on any atom is 0.285 e. The van der Waals surface area contributed by atoms with Crippen LogP contribution in [0.1, 0.15) is 18.4 Å². The highest BCUT2D eigenvalue weighted by Crippen LogP contribution is 2.30. The van der Waals surface area contributed by atoms with Crippen molar-refractivity contribution in [1.29, 1.82) is 0 Å². The number of terminal acetylenes is 1. The fraction of sp³-hybridized carbons (Fsp3) is 0.333. The van der Waals surface area contributed by atoms with Gasteiger partial charge in [-0.3, -0.25) is 4.79 Å². The molecule has 0 bridgehead atoms. The number of hydrogen-bond acceptors (Lipinski definition) is 4. The summed E-state index contributed by atoms with van der Waals surface area (Å²) in [5.41, 5.74) is 0.555. The van der Waals surface area contributed by atoms with Gasteiger partial charge < -0.3 is 10.2 Å². The third kappa shape index (κ3) is 2.35. The van der Waals surface area contributed by atoms with Crippen LogP contribution in [0.3, 0.4) is 0 Å². The average Bonchev–Trinajstić information content (AvgIpc) is 3.08. The second-order valence-electron chi connectivity index (χ2n) is 5.16. The molecular weight excluding hydrogens is 302 g/mol. The van der Waals surface area contributed by atoms with Crippen LogP contribution < -0.4 is 5.32 Å². The predicted molar refractivity (Wildman–Crippen MR) is 81.7 cm³/mol. The van der Waals surface area contributed by atoms with Gasteiger partial charge in [0.2, 0.25) is 5.91 Å². The number of amidine groups is 1. The fourth-order valence-corrected chi connectivity index (χ4v) is 4.06. The van der Waals surface area contributed by atoms with E-state index in [0.717, 1.165) is 6.42 Å². The molecule has 114 valence electrons. The van der Waals surface area contributed by atoms with Crippen molar-refractivity contribution < 1.29 is 13.2 Å². The second-order valence-corrected chi connectivity index (χ2v) is 6.73. The van der Waals surface area contributed by atoms with E-state index in [9.17, 15) is 13.2 Å². The van der Waals surface area contributed by atoms with E-state index in [4.69, 9.17) is 6.42 Å². The maximum atomic E-state index is 12.2. The summed E-state index contributed by atoms with van der Waals surface area (Å²) >= 11 is 0. The lowest BCUT2D eigenvalue weighted by Crippen LogP contribution is -2.46. The van der Waals surface area contributed by atoms with Crippen LogP contribution in [0.4, 0.5) is 0 Å². The molecule has 1 aromatic rings. The van der Waals surface area contributed by atoms with Gasteiger partial charge in [-0.05, 0) is 25.0 Å². The van der Waals surface area contributed by atoms with Gasteiger partial charge in [-0.25, -0.2) is 0 Å². The largest absolute Gasteiger partial charge is 0.343 e. The molecule has 0 unspecified atom stereocenters. The molecule has 6 nitrogen and oxygen atoms in total. The van der Waals surface area contributed by atoms with Gasteiger partial charge in [0.15, 0.2) is 5.84 Å². The average molecular weight is 317 g/mol. The zero-order valence-corrected chi connectivity index (χ0v) is 12.6. The van der Waals surface area contributed by atoms with Crippen molar-refractivity contribution in [2.24, 2.45) is 4.40 Å². The van der Waals surface area contributed by atoms with Gasteiger partial charge in [0.1, 0.15) is 10.9 Å². The smallest absolute Gasteiger partial charge is 0.285 e. The normalized spacial score (nSPS) is 21.9. The van der Waals surface area contributed by atoms with Gasteiger partial charge in [-0.1, -0.05) is 18.1 Å². The maximum absolute atomic E-state index is 12.2. The Morgan fingerprint density at radius 2 is 2.23 bits per heavy atom. The summed E-state index contributed by atoms with van der Waals surface area (Å²) in [6.07, 6.45) is 6.60. The molecule has 1 saturated heterocycles. The molecule has 2 aliphatic heterocycles. The molecule has 1 fully saturated rings. The summed E-state index contributed by atoms with van der Waals surface area (Å²) < 4.78 is 28.1. The first kappa shape index (κ1) is 14.6. The minimum atomic E-state index is -3.68. The number of sulfonamides is 1. The highest BCUT2D eigenvalue weighted by Gasteiger charge is 2.38. The number of hydrogen-bond donors (Lipinski definition) is 1. The van der Waals surface area contributed by atoms with Crippen molar-refractivity contribution in [3.8, 4) is 12.3 Å². The van der Waals surface area contributed by atoms with Crippen LogP contribution in [-0.2, 0) is 14.8 Å². The first-order valence-corrected chi connectivity index (χ1v) is 8.41. The van der Waals surface area contributed by atoms with Crippen LogP contribution in [0.25, 0.3) is 0 Å². The van der Waals surface area contributed by atoms with Gasteiger partial charge >= 0.3 is 0 Å².